The van der Waals surface area contributed by atoms with Crippen molar-refractivity contribution < 1.29 is 9.47 Å². The zero-order valence-corrected chi connectivity index (χ0v) is 11.2. The first-order valence-electron chi connectivity index (χ1n) is 6.12. The molecule has 3 heteroatoms. The van der Waals surface area contributed by atoms with Crippen LogP contribution in [0.3, 0.4) is 0 Å². The van der Waals surface area contributed by atoms with Crippen LogP contribution in [0.2, 0.25) is 0 Å². The Morgan fingerprint density at radius 2 is 1.88 bits per heavy atom. The second-order valence-electron chi connectivity index (χ2n) is 4.51. The van der Waals surface area contributed by atoms with E-state index >= 15 is 0 Å². The van der Waals surface area contributed by atoms with Crippen LogP contribution in [-0.2, 0) is 0 Å². The maximum Gasteiger partial charge on any atom is 0.122 e. The molecule has 2 atom stereocenters. The Labute approximate surface area is 108 Å². The van der Waals surface area contributed by atoms with E-state index in [1.807, 2.05) is 12.1 Å². The van der Waals surface area contributed by atoms with Gasteiger partial charge >= 0.3 is 0 Å². The monoisotopic (exact) mass is 254 g/mol. The van der Waals surface area contributed by atoms with Gasteiger partial charge in [-0.25, -0.2) is 0 Å². The van der Waals surface area contributed by atoms with Gasteiger partial charge in [0.2, 0.25) is 0 Å². The molecule has 0 N–H and O–H groups in total. The van der Waals surface area contributed by atoms with E-state index in [-0.39, 0.29) is 5.38 Å². The largest absolute Gasteiger partial charge is 0.497 e. The first-order chi connectivity index (χ1) is 8.26. The molecule has 2 unspecified atom stereocenters. The van der Waals surface area contributed by atoms with Gasteiger partial charge in [-0.2, -0.15) is 0 Å². The van der Waals surface area contributed by atoms with Gasteiger partial charge in [0.15, 0.2) is 0 Å². The van der Waals surface area contributed by atoms with Gasteiger partial charge in [0, 0.05) is 16.9 Å². The molecule has 1 aliphatic carbocycles. The van der Waals surface area contributed by atoms with E-state index in [1.54, 1.807) is 14.2 Å². The van der Waals surface area contributed by atoms with Crippen molar-refractivity contribution in [2.75, 3.05) is 14.2 Å². The van der Waals surface area contributed by atoms with E-state index in [0.29, 0.717) is 5.92 Å². The van der Waals surface area contributed by atoms with Gasteiger partial charge in [-0.15, -0.1) is 11.6 Å². The third-order valence-corrected chi connectivity index (χ3v) is 4.04. The number of rotatable bonds is 3. The van der Waals surface area contributed by atoms with Crippen LogP contribution >= 0.6 is 11.6 Å². The van der Waals surface area contributed by atoms with E-state index in [4.69, 9.17) is 21.1 Å². The smallest absolute Gasteiger partial charge is 0.122 e. The summed E-state index contributed by atoms with van der Waals surface area (Å²) in [4.78, 5) is 0. The van der Waals surface area contributed by atoms with Crippen molar-refractivity contribution in [3.63, 3.8) is 0 Å². The summed E-state index contributed by atoms with van der Waals surface area (Å²) in [5.41, 5.74) is 1.19. The number of ether oxygens (including phenoxy) is 2. The third-order valence-electron chi connectivity index (χ3n) is 3.52. The number of hydrogen-bond donors (Lipinski definition) is 0. The lowest BCUT2D eigenvalue weighted by atomic mass is 9.83. The highest BCUT2D eigenvalue weighted by atomic mass is 35.5. The number of hydrogen-bond acceptors (Lipinski definition) is 2. The molecule has 2 rings (SSSR count). The second-order valence-corrected chi connectivity index (χ2v) is 5.08. The van der Waals surface area contributed by atoms with Crippen molar-refractivity contribution in [1.82, 2.24) is 0 Å². The van der Waals surface area contributed by atoms with Crippen molar-refractivity contribution in [3.8, 4) is 11.5 Å². The second kappa shape index (κ2) is 5.63. The first kappa shape index (κ1) is 12.6. The van der Waals surface area contributed by atoms with Crippen LogP contribution in [0.1, 0.15) is 37.2 Å². The van der Waals surface area contributed by atoms with Crippen LogP contribution in [-0.4, -0.2) is 19.6 Å². The van der Waals surface area contributed by atoms with E-state index in [9.17, 15) is 0 Å². The van der Waals surface area contributed by atoms with Crippen LogP contribution in [0, 0.1) is 0 Å². The van der Waals surface area contributed by atoms with Crippen molar-refractivity contribution in [2.45, 2.75) is 37.0 Å². The number of benzene rings is 1. The molecule has 0 saturated heterocycles. The Morgan fingerprint density at radius 3 is 2.53 bits per heavy atom. The average Bonchev–Trinajstić information content (AvgIpc) is 2.38. The molecule has 1 aromatic rings. The van der Waals surface area contributed by atoms with E-state index in [2.05, 4.69) is 6.07 Å². The summed E-state index contributed by atoms with van der Waals surface area (Å²) >= 11 is 6.45. The highest BCUT2D eigenvalue weighted by Crippen LogP contribution is 2.41. The van der Waals surface area contributed by atoms with Crippen LogP contribution in [0.5, 0.6) is 11.5 Å². The fraction of sp³-hybridized carbons (Fsp3) is 0.571. The third kappa shape index (κ3) is 2.68. The van der Waals surface area contributed by atoms with Crippen molar-refractivity contribution in [2.24, 2.45) is 0 Å². The molecular formula is C14H19ClO2. The fourth-order valence-corrected chi connectivity index (χ4v) is 2.98. The van der Waals surface area contributed by atoms with Gasteiger partial charge in [-0.1, -0.05) is 12.8 Å². The Balaban J connectivity index is 2.33. The lowest BCUT2D eigenvalue weighted by molar-refractivity contribution is 0.381. The molecule has 1 saturated carbocycles. The van der Waals surface area contributed by atoms with E-state index < -0.39 is 0 Å². The van der Waals surface area contributed by atoms with E-state index in [0.717, 1.165) is 24.3 Å². The zero-order valence-electron chi connectivity index (χ0n) is 10.4. The van der Waals surface area contributed by atoms with Gasteiger partial charge in [0.05, 0.1) is 14.2 Å². The molecule has 0 amide bonds. The van der Waals surface area contributed by atoms with Crippen molar-refractivity contribution >= 4 is 11.6 Å². The minimum atomic E-state index is 0.213. The number of alkyl halides is 1. The normalized spacial score (nSPS) is 24.4. The lowest BCUT2D eigenvalue weighted by Crippen LogP contribution is -2.18. The molecule has 0 heterocycles. The van der Waals surface area contributed by atoms with E-state index in [1.165, 1.54) is 18.4 Å². The lowest BCUT2D eigenvalue weighted by Gasteiger charge is -2.28. The SMILES string of the molecule is COc1ccc(OC)c(C2CCCCC2Cl)c1. The summed E-state index contributed by atoms with van der Waals surface area (Å²) in [5, 5.41) is 0.213. The summed E-state index contributed by atoms with van der Waals surface area (Å²) in [6.07, 6.45) is 4.70. The number of methoxy groups -OCH3 is 2. The van der Waals surface area contributed by atoms with Gasteiger partial charge in [-0.3, -0.25) is 0 Å². The Morgan fingerprint density at radius 1 is 1.12 bits per heavy atom. The highest BCUT2D eigenvalue weighted by molar-refractivity contribution is 6.21. The topological polar surface area (TPSA) is 18.5 Å². The van der Waals surface area contributed by atoms with Crippen molar-refractivity contribution in [3.05, 3.63) is 23.8 Å². The number of halogens is 1. The highest BCUT2D eigenvalue weighted by Gasteiger charge is 2.27. The zero-order chi connectivity index (χ0) is 12.3. The van der Waals surface area contributed by atoms with Gasteiger partial charge < -0.3 is 9.47 Å². The Kier molecular flexibility index (Phi) is 4.16. The minimum absolute atomic E-state index is 0.213. The molecule has 94 valence electrons. The van der Waals surface area contributed by atoms with Crippen molar-refractivity contribution in [1.29, 1.82) is 0 Å². The fourth-order valence-electron chi connectivity index (χ4n) is 2.57. The predicted octanol–water partition coefficient (Wildman–Crippen LogP) is 3.97. The molecule has 0 spiro atoms. The standard InChI is InChI=1S/C14H19ClO2/c1-16-10-7-8-14(17-2)12(9-10)11-5-3-4-6-13(11)15/h7-9,11,13H,3-6H2,1-2H3. The molecule has 0 radical (unpaired) electrons. The molecule has 2 nitrogen and oxygen atoms in total. The van der Waals surface area contributed by atoms with Gasteiger partial charge in [-0.05, 0) is 31.0 Å². The molecule has 1 fully saturated rings. The Bertz CT molecular complexity index is 378. The van der Waals surface area contributed by atoms with Crippen LogP contribution in [0.4, 0.5) is 0 Å². The van der Waals surface area contributed by atoms with Crippen LogP contribution in [0.25, 0.3) is 0 Å². The van der Waals surface area contributed by atoms with Gasteiger partial charge in [0.1, 0.15) is 11.5 Å². The van der Waals surface area contributed by atoms with Crippen LogP contribution in [0.15, 0.2) is 18.2 Å². The summed E-state index contributed by atoms with van der Waals surface area (Å²) in [5.74, 6) is 2.18. The molecule has 0 bridgehead atoms. The maximum absolute atomic E-state index is 6.45. The first-order valence-corrected chi connectivity index (χ1v) is 6.56. The molecule has 1 aliphatic rings. The molecule has 1 aromatic carbocycles. The Hall–Kier alpha value is -0.890. The molecule has 0 aromatic heterocycles. The molecular weight excluding hydrogens is 236 g/mol. The predicted molar refractivity (Wildman–Crippen MR) is 70.4 cm³/mol. The minimum Gasteiger partial charge on any atom is -0.497 e. The van der Waals surface area contributed by atoms with Gasteiger partial charge in [0.25, 0.3) is 0 Å². The maximum atomic E-state index is 6.45. The van der Waals surface area contributed by atoms with Crippen LogP contribution < -0.4 is 9.47 Å². The quantitative estimate of drug-likeness (QED) is 0.760. The summed E-state index contributed by atoms with van der Waals surface area (Å²) in [6, 6.07) is 5.95. The molecule has 17 heavy (non-hydrogen) atoms. The summed E-state index contributed by atoms with van der Waals surface area (Å²) < 4.78 is 10.7. The molecule has 0 aliphatic heterocycles. The summed E-state index contributed by atoms with van der Waals surface area (Å²) in [6.45, 7) is 0. The summed E-state index contributed by atoms with van der Waals surface area (Å²) in [7, 11) is 3.39. The average molecular weight is 255 g/mol.